The van der Waals surface area contributed by atoms with Crippen LogP contribution in [0, 0.1) is 5.82 Å². The molecule has 10 heteroatoms. The Bertz CT molecular complexity index is 1350. The number of nitrogens with zero attached hydrogens (tertiary/aromatic N) is 2. The third kappa shape index (κ3) is 4.97. The second-order valence-electron chi connectivity index (χ2n) is 7.84. The molecule has 0 unspecified atom stereocenters. The molecule has 0 spiro atoms. The molecule has 1 aliphatic heterocycles. The molecular formula is C25H23FN4O5. The average Bonchev–Trinajstić information content (AvgIpc) is 3.17. The van der Waals surface area contributed by atoms with E-state index in [1.807, 2.05) is 12.1 Å². The van der Waals surface area contributed by atoms with Gasteiger partial charge in [0.25, 0.3) is 11.8 Å². The van der Waals surface area contributed by atoms with Crippen LogP contribution in [0.25, 0.3) is 17.0 Å². The van der Waals surface area contributed by atoms with Gasteiger partial charge in [0.2, 0.25) is 5.91 Å². The van der Waals surface area contributed by atoms with E-state index in [-0.39, 0.29) is 23.7 Å². The van der Waals surface area contributed by atoms with Crippen molar-refractivity contribution in [3.8, 4) is 0 Å². The maximum Gasteiger partial charge on any atom is 0.336 e. The number of fused-ring (bicyclic) bond motifs is 1. The summed E-state index contributed by atoms with van der Waals surface area (Å²) in [5.74, 6) is -2.82. The number of hydrogen-bond acceptors (Lipinski definition) is 5. The highest BCUT2D eigenvalue weighted by Gasteiger charge is 2.38. The monoisotopic (exact) mass is 478 g/mol. The summed E-state index contributed by atoms with van der Waals surface area (Å²) in [6.07, 6.45) is 3.67. The van der Waals surface area contributed by atoms with Gasteiger partial charge in [-0.25, -0.2) is 14.1 Å². The second-order valence-corrected chi connectivity index (χ2v) is 7.84. The smallest absolute Gasteiger partial charge is 0.336 e. The zero-order valence-corrected chi connectivity index (χ0v) is 18.9. The van der Waals surface area contributed by atoms with Gasteiger partial charge in [0.05, 0.1) is 5.69 Å². The molecule has 4 rings (SSSR count). The Kier molecular flexibility index (Phi) is 7.02. The molecule has 1 fully saturated rings. The van der Waals surface area contributed by atoms with Gasteiger partial charge in [-0.1, -0.05) is 30.3 Å². The zero-order chi connectivity index (χ0) is 24.9. The molecule has 3 aromatic rings. The first-order chi connectivity index (χ1) is 16.9. The SMILES string of the molecule is COCCCNC(=O)Cn1cc(/C=C2\C(=O)NC(=O)N(c3ccccc3F)C2=O)c2ccccc21. The average molecular weight is 478 g/mol. The van der Waals surface area contributed by atoms with Crippen LogP contribution >= 0.6 is 0 Å². The standard InChI is InChI=1S/C25H23FN4O5/c1-35-12-6-11-27-22(31)15-29-14-16(17-7-2-4-9-20(17)29)13-18-23(32)28-25(34)30(24(18)33)21-10-5-3-8-19(21)26/h2-5,7-10,13-14H,6,11-12,15H2,1H3,(H,27,31)(H,28,32,34)/b18-13+. The van der Waals surface area contributed by atoms with E-state index in [0.717, 1.165) is 11.6 Å². The van der Waals surface area contributed by atoms with Gasteiger partial charge in [0.15, 0.2) is 0 Å². The maximum atomic E-state index is 14.3. The van der Waals surface area contributed by atoms with Crippen LogP contribution in [0.1, 0.15) is 12.0 Å². The number of ether oxygens (including phenoxy) is 1. The van der Waals surface area contributed by atoms with Crippen LogP contribution in [0.5, 0.6) is 0 Å². The minimum absolute atomic E-state index is 0.0245. The predicted octanol–water partition coefficient (Wildman–Crippen LogP) is 2.60. The molecule has 0 radical (unpaired) electrons. The highest BCUT2D eigenvalue weighted by atomic mass is 19.1. The Morgan fingerprint density at radius 3 is 2.63 bits per heavy atom. The number of anilines is 1. The zero-order valence-electron chi connectivity index (χ0n) is 18.9. The maximum absolute atomic E-state index is 14.3. The second kappa shape index (κ2) is 10.3. The minimum atomic E-state index is -1.03. The molecule has 1 saturated heterocycles. The summed E-state index contributed by atoms with van der Waals surface area (Å²) in [5.41, 5.74) is 0.618. The Balaban J connectivity index is 1.66. The molecule has 2 N–H and O–H groups in total. The van der Waals surface area contributed by atoms with Crippen molar-refractivity contribution in [1.29, 1.82) is 0 Å². The summed E-state index contributed by atoms with van der Waals surface area (Å²) < 4.78 is 21.0. The summed E-state index contributed by atoms with van der Waals surface area (Å²) in [6.45, 7) is 1.03. The fraction of sp³-hybridized carbons (Fsp3) is 0.200. The third-order valence-electron chi connectivity index (χ3n) is 5.48. The molecule has 0 saturated carbocycles. The number of benzene rings is 2. The van der Waals surface area contributed by atoms with Crippen molar-refractivity contribution in [2.45, 2.75) is 13.0 Å². The summed E-state index contributed by atoms with van der Waals surface area (Å²) in [7, 11) is 1.59. The Morgan fingerprint density at radius 1 is 1.11 bits per heavy atom. The van der Waals surface area contributed by atoms with Crippen molar-refractivity contribution in [2.24, 2.45) is 0 Å². The van der Waals surface area contributed by atoms with Crippen molar-refractivity contribution in [1.82, 2.24) is 15.2 Å². The molecule has 35 heavy (non-hydrogen) atoms. The molecule has 180 valence electrons. The number of aromatic nitrogens is 1. The molecule has 9 nitrogen and oxygen atoms in total. The topological polar surface area (TPSA) is 110 Å². The Labute approximate surface area is 200 Å². The van der Waals surface area contributed by atoms with Crippen molar-refractivity contribution >= 4 is 46.4 Å². The van der Waals surface area contributed by atoms with E-state index in [1.54, 1.807) is 30.0 Å². The number of hydrogen-bond donors (Lipinski definition) is 2. The fourth-order valence-electron chi connectivity index (χ4n) is 3.84. The van der Waals surface area contributed by atoms with E-state index in [1.165, 1.54) is 24.3 Å². The highest BCUT2D eigenvalue weighted by Crippen LogP contribution is 2.27. The number of para-hydroxylation sites is 2. The number of barbiturate groups is 1. The Morgan fingerprint density at radius 2 is 1.86 bits per heavy atom. The quantitative estimate of drug-likeness (QED) is 0.294. The first kappa shape index (κ1) is 23.8. The third-order valence-corrected chi connectivity index (χ3v) is 5.48. The number of halogens is 1. The van der Waals surface area contributed by atoms with E-state index in [0.29, 0.717) is 35.4 Å². The van der Waals surface area contributed by atoms with Gasteiger partial charge in [0, 0.05) is 42.9 Å². The van der Waals surface area contributed by atoms with Gasteiger partial charge in [0.1, 0.15) is 17.9 Å². The number of carbonyl (C=O) groups is 4. The van der Waals surface area contributed by atoms with E-state index in [4.69, 9.17) is 4.74 Å². The summed E-state index contributed by atoms with van der Waals surface area (Å²) in [6, 6.07) is 11.5. The van der Waals surface area contributed by atoms with E-state index in [9.17, 15) is 23.6 Å². The lowest BCUT2D eigenvalue weighted by Gasteiger charge is -2.26. The van der Waals surface area contributed by atoms with Crippen molar-refractivity contribution < 1.29 is 28.3 Å². The molecule has 5 amide bonds. The molecule has 0 aliphatic carbocycles. The van der Waals surface area contributed by atoms with E-state index < -0.39 is 23.7 Å². The first-order valence-electron chi connectivity index (χ1n) is 10.9. The lowest BCUT2D eigenvalue weighted by atomic mass is 10.1. The van der Waals surface area contributed by atoms with Crippen molar-refractivity contribution in [2.75, 3.05) is 25.2 Å². The lowest BCUT2D eigenvalue weighted by molar-refractivity contribution is -0.123. The molecule has 0 bridgehead atoms. The van der Waals surface area contributed by atoms with Crippen LogP contribution in [-0.2, 0) is 25.7 Å². The predicted molar refractivity (Wildman–Crippen MR) is 127 cm³/mol. The minimum Gasteiger partial charge on any atom is -0.385 e. The number of urea groups is 1. The number of nitrogens with one attached hydrogen (secondary N) is 2. The van der Waals surface area contributed by atoms with E-state index in [2.05, 4.69) is 10.6 Å². The van der Waals surface area contributed by atoms with Crippen LogP contribution in [0.4, 0.5) is 14.9 Å². The first-order valence-corrected chi connectivity index (χ1v) is 10.9. The number of imide groups is 2. The normalized spacial score (nSPS) is 15.1. The van der Waals surface area contributed by atoms with Gasteiger partial charge in [-0.3, -0.25) is 19.7 Å². The van der Waals surface area contributed by atoms with Gasteiger partial charge in [-0.05, 0) is 30.7 Å². The fourth-order valence-corrected chi connectivity index (χ4v) is 3.84. The van der Waals surface area contributed by atoms with Crippen LogP contribution in [-0.4, -0.2) is 48.6 Å². The number of methoxy groups -OCH3 is 1. The molecular weight excluding hydrogens is 455 g/mol. The van der Waals surface area contributed by atoms with Crippen molar-refractivity contribution in [3.05, 3.63) is 71.7 Å². The van der Waals surface area contributed by atoms with Crippen LogP contribution in [0.3, 0.4) is 0 Å². The van der Waals surface area contributed by atoms with Crippen LogP contribution in [0.2, 0.25) is 0 Å². The highest BCUT2D eigenvalue weighted by molar-refractivity contribution is 6.39. The molecule has 2 heterocycles. The van der Waals surface area contributed by atoms with Gasteiger partial charge in [-0.2, -0.15) is 0 Å². The number of rotatable bonds is 8. The molecule has 0 atom stereocenters. The Hall–Kier alpha value is -4.31. The number of carbonyl (C=O) groups excluding carboxylic acids is 4. The number of amides is 5. The van der Waals surface area contributed by atoms with Gasteiger partial charge in [-0.15, -0.1) is 0 Å². The van der Waals surface area contributed by atoms with E-state index >= 15 is 0 Å². The summed E-state index contributed by atoms with van der Waals surface area (Å²) in [4.78, 5) is 51.0. The summed E-state index contributed by atoms with van der Waals surface area (Å²) in [5, 5.41) is 5.60. The largest absolute Gasteiger partial charge is 0.385 e. The lowest BCUT2D eigenvalue weighted by Crippen LogP contribution is -2.54. The van der Waals surface area contributed by atoms with Crippen molar-refractivity contribution in [3.63, 3.8) is 0 Å². The van der Waals surface area contributed by atoms with Crippen LogP contribution < -0.4 is 15.5 Å². The molecule has 2 aromatic carbocycles. The molecule has 1 aliphatic rings. The summed E-state index contributed by atoms with van der Waals surface area (Å²) >= 11 is 0. The van der Waals surface area contributed by atoms with Gasteiger partial charge < -0.3 is 14.6 Å². The van der Waals surface area contributed by atoms with Crippen LogP contribution in [0.15, 0.2) is 60.3 Å². The molecule has 1 aromatic heterocycles. The van der Waals surface area contributed by atoms with Gasteiger partial charge >= 0.3 is 6.03 Å².